The molecule has 25 heavy (non-hydrogen) atoms. The number of benzene rings is 1. The van der Waals surface area contributed by atoms with Crippen molar-refractivity contribution in [1.29, 1.82) is 0 Å². The first kappa shape index (κ1) is 19.6. The minimum atomic E-state index is -3.67. The summed E-state index contributed by atoms with van der Waals surface area (Å²) in [5, 5.41) is 0. The molecule has 1 aromatic rings. The van der Waals surface area contributed by atoms with Crippen molar-refractivity contribution in [1.82, 2.24) is 13.9 Å². The Morgan fingerprint density at radius 2 is 1.72 bits per heavy atom. The van der Waals surface area contributed by atoms with E-state index in [-0.39, 0.29) is 38.5 Å². The first-order valence-electron chi connectivity index (χ1n) is 8.04. The van der Waals surface area contributed by atoms with Crippen molar-refractivity contribution in [3.63, 3.8) is 0 Å². The van der Waals surface area contributed by atoms with Crippen molar-refractivity contribution in [2.24, 2.45) is 0 Å². The number of halogens is 1. The number of carbonyl (C=O) groups is 1. The molecule has 0 unspecified atom stereocenters. The van der Waals surface area contributed by atoms with Crippen LogP contribution in [0.2, 0.25) is 0 Å². The first-order valence-corrected chi connectivity index (χ1v) is 9.48. The lowest BCUT2D eigenvalue weighted by Gasteiger charge is -2.34. The Morgan fingerprint density at radius 3 is 2.24 bits per heavy atom. The van der Waals surface area contributed by atoms with Gasteiger partial charge in [-0.3, -0.25) is 0 Å². The zero-order valence-electron chi connectivity index (χ0n) is 14.7. The van der Waals surface area contributed by atoms with Crippen molar-refractivity contribution < 1.29 is 22.3 Å². The van der Waals surface area contributed by atoms with Crippen molar-refractivity contribution in [3.8, 4) is 0 Å². The van der Waals surface area contributed by atoms with Crippen molar-refractivity contribution in [2.75, 3.05) is 26.2 Å². The van der Waals surface area contributed by atoms with Gasteiger partial charge in [0.2, 0.25) is 0 Å². The van der Waals surface area contributed by atoms with Crippen LogP contribution in [0.3, 0.4) is 0 Å². The van der Waals surface area contributed by atoms with E-state index in [2.05, 4.69) is 4.72 Å². The normalized spacial score (nSPS) is 16.7. The van der Waals surface area contributed by atoms with Gasteiger partial charge in [0.25, 0.3) is 10.2 Å². The number of ether oxygens (including phenoxy) is 1. The third-order valence-electron chi connectivity index (χ3n) is 3.60. The van der Waals surface area contributed by atoms with Crippen LogP contribution in [0.4, 0.5) is 9.18 Å². The van der Waals surface area contributed by atoms with Gasteiger partial charge in [-0.2, -0.15) is 17.4 Å². The molecule has 1 aliphatic rings. The second kappa shape index (κ2) is 7.67. The van der Waals surface area contributed by atoms with Crippen LogP contribution in [0.1, 0.15) is 26.3 Å². The van der Waals surface area contributed by atoms with E-state index in [1.807, 2.05) is 0 Å². The van der Waals surface area contributed by atoms with E-state index >= 15 is 0 Å². The van der Waals surface area contributed by atoms with E-state index in [0.717, 1.165) is 0 Å². The van der Waals surface area contributed by atoms with Crippen LogP contribution in [0.25, 0.3) is 0 Å². The molecule has 0 saturated carbocycles. The summed E-state index contributed by atoms with van der Waals surface area (Å²) in [4.78, 5) is 13.5. The third kappa shape index (κ3) is 5.94. The summed E-state index contributed by atoms with van der Waals surface area (Å²) in [6.45, 7) is 6.35. The summed E-state index contributed by atoms with van der Waals surface area (Å²) in [5.74, 6) is -0.370. The average Bonchev–Trinajstić information content (AvgIpc) is 2.53. The first-order chi connectivity index (χ1) is 11.6. The maximum absolute atomic E-state index is 12.9. The van der Waals surface area contributed by atoms with Gasteiger partial charge in [-0.25, -0.2) is 9.18 Å². The van der Waals surface area contributed by atoms with Crippen LogP contribution in [0, 0.1) is 5.82 Å². The van der Waals surface area contributed by atoms with Gasteiger partial charge in [-0.05, 0) is 38.5 Å². The maximum Gasteiger partial charge on any atom is 0.410 e. The number of nitrogens with zero attached hydrogens (tertiary/aromatic N) is 2. The van der Waals surface area contributed by atoms with Crippen molar-refractivity contribution in [2.45, 2.75) is 32.9 Å². The Kier molecular flexibility index (Phi) is 6.02. The molecule has 9 heteroatoms. The fourth-order valence-corrected chi connectivity index (χ4v) is 3.48. The van der Waals surface area contributed by atoms with E-state index < -0.39 is 21.9 Å². The van der Waals surface area contributed by atoms with Gasteiger partial charge in [0.05, 0.1) is 0 Å². The van der Waals surface area contributed by atoms with Crippen molar-refractivity contribution >= 4 is 16.3 Å². The number of rotatable bonds is 4. The summed E-state index contributed by atoms with van der Waals surface area (Å²) in [7, 11) is -3.67. The molecule has 140 valence electrons. The molecule has 1 aliphatic heterocycles. The number of hydrogen-bond donors (Lipinski definition) is 1. The van der Waals surface area contributed by atoms with Gasteiger partial charge in [0, 0.05) is 32.7 Å². The van der Waals surface area contributed by atoms with E-state index in [1.165, 1.54) is 33.5 Å². The van der Waals surface area contributed by atoms with Gasteiger partial charge in [0.1, 0.15) is 11.4 Å². The predicted molar refractivity (Wildman–Crippen MR) is 91.5 cm³/mol. The molecule has 7 nitrogen and oxygen atoms in total. The van der Waals surface area contributed by atoms with Crippen LogP contribution >= 0.6 is 0 Å². The Balaban J connectivity index is 1.86. The smallest absolute Gasteiger partial charge is 0.410 e. The molecule has 1 N–H and O–H groups in total. The molecular weight excluding hydrogens is 349 g/mol. The standard InChI is InChI=1S/C16H24FN3O4S/c1-16(2,3)24-15(21)19-8-10-20(11-9-19)25(22,23)18-12-13-4-6-14(17)7-5-13/h4-7,18H,8-12H2,1-3H3. The highest BCUT2D eigenvalue weighted by molar-refractivity contribution is 7.87. The third-order valence-corrected chi connectivity index (χ3v) is 5.16. The molecule has 1 fully saturated rings. The molecule has 0 aromatic heterocycles. The Labute approximate surface area is 147 Å². The molecule has 0 atom stereocenters. The van der Waals surface area contributed by atoms with Crippen molar-refractivity contribution in [3.05, 3.63) is 35.6 Å². The molecule has 1 saturated heterocycles. The fraction of sp³-hybridized carbons (Fsp3) is 0.562. The molecule has 0 spiro atoms. The predicted octanol–water partition coefficient (Wildman–Crippen LogP) is 1.71. The van der Waals surface area contributed by atoms with E-state index in [0.29, 0.717) is 5.56 Å². The van der Waals surface area contributed by atoms with E-state index in [1.54, 1.807) is 20.8 Å². The fourth-order valence-electron chi connectivity index (χ4n) is 2.31. The molecule has 1 aromatic carbocycles. The minimum absolute atomic E-state index is 0.0783. The molecule has 1 heterocycles. The molecule has 0 radical (unpaired) electrons. The van der Waals surface area contributed by atoms with Gasteiger partial charge in [0.15, 0.2) is 0 Å². The summed E-state index contributed by atoms with van der Waals surface area (Å²) >= 11 is 0. The van der Waals surface area contributed by atoms with E-state index in [4.69, 9.17) is 4.74 Å². The topological polar surface area (TPSA) is 79.0 Å². The number of carbonyl (C=O) groups excluding carboxylic acids is 1. The van der Waals surface area contributed by atoms with Crippen LogP contribution < -0.4 is 4.72 Å². The quantitative estimate of drug-likeness (QED) is 0.872. The monoisotopic (exact) mass is 373 g/mol. The number of amides is 1. The van der Waals surface area contributed by atoms with Crippen LogP contribution in [-0.2, 0) is 21.5 Å². The summed E-state index contributed by atoms with van der Waals surface area (Å²) in [6, 6.07) is 5.61. The molecule has 1 amide bonds. The minimum Gasteiger partial charge on any atom is -0.444 e. The summed E-state index contributed by atoms with van der Waals surface area (Å²) in [5.41, 5.74) is 0.0779. The maximum atomic E-state index is 12.9. The highest BCUT2D eigenvalue weighted by Crippen LogP contribution is 2.13. The lowest BCUT2D eigenvalue weighted by Crippen LogP contribution is -2.53. The summed E-state index contributed by atoms with van der Waals surface area (Å²) in [6.07, 6.45) is -0.441. The molecule has 2 rings (SSSR count). The molecular formula is C16H24FN3O4S. The Hall–Kier alpha value is -1.71. The highest BCUT2D eigenvalue weighted by atomic mass is 32.2. The molecule has 0 bridgehead atoms. The van der Waals surface area contributed by atoms with Crippen LogP contribution in [0.15, 0.2) is 24.3 Å². The van der Waals surface area contributed by atoms with Gasteiger partial charge >= 0.3 is 6.09 Å². The lowest BCUT2D eigenvalue weighted by molar-refractivity contribution is 0.0192. The molecule has 0 aliphatic carbocycles. The lowest BCUT2D eigenvalue weighted by atomic mass is 10.2. The second-order valence-corrected chi connectivity index (χ2v) is 8.57. The van der Waals surface area contributed by atoms with Gasteiger partial charge in [-0.15, -0.1) is 0 Å². The number of nitrogens with one attached hydrogen (secondary N) is 1. The van der Waals surface area contributed by atoms with Gasteiger partial charge in [-0.1, -0.05) is 12.1 Å². The van der Waals surface area contributed by atoms with E-state index in [9.17, 15) is 17.6 Å². The zero-order valence-corrected chi connectivity index (χ0v) is 15.5. The number of hydrogen-bond acceptors (Lipinski definition) is 4. The van der Waals surface area contributed by atoms with Crippen LogP contribution in [0.5, 0.6) is 0 Å². The Bertz CT molecular complexity index is 693. The summed E-state index contributed by atoms with van der Waals surface area (Å²) < 4.78 is 46.6. The Morgan fingerprint density at radius 1 is 1.16 bits per heavy atom. The number of piperazine rings is 1. The zero-order chi connectivity index (χ0) is 18.7. The van der Waals surface area contributed by atoms with Crippen LogP contribution in [-0.4, -0.2) is 55.5 Å². The largest absolute Gasteiger partial charge is 0.444 e. The van der Waals surface area contributed by atoms with Gasteiger partial charge < -0.3 is 9.64 Å². The average molecular weight is 373 g/mol. The SMILES string of the molecule is CC(C)(C)OC(=O)N1CCN(S(=O)(=O)NCc2ccc(F)cc2)CC1. The highest BCUT2D eigenvalue weighted by Gasteiger charge is 2.30. The second-order valence-electron chi connectivity index (χ2n) is 6.82.